The van der Waals surface area contributed by atoms with E-state index >= 15 is 0 Å². The molecule has 0 amide bonds. The molecular formula is C20H24ClNO2. The van der Waals surface area contributed by atoms with Crippen LogP contribution in [-0.2, 0) is 5.60 Å². The molecule has 0 saturated heterocycles. The molecule has 128 valence electrons. The van der Waals surface area contributed by atoms with E-state index < -0.39 is 5.60 Å². The van der Waals surface area contributed by atoms with E-state index in [1.54, 1.807) is 0 Å². The van der Waals surface area contributed by atoms with Gasteiger partial charge in [0.1, 0.15) is 11.3 Å². The number of aliphatic hydroxyl groups is 1. The number of hydrogen-bond donors (Lipinski definition) is 2. The third-order valence-electron chi connectivity index (χ3n) is 3.96. The summed E-state index contributed by atoms with van der Waals surface area (Å²) in [6.45, 7) is 6.62. The second kappa shape index (κ2) is 6.98. The van der Waals surface area contributed by atoms with Gasteiger partial charge in [-0.15, -0.1) is 12.4 Å². The predicted octanol–water partition coefficient (Wildman–Crippen LogP) is 4.48. The predicted molar refractivity (Wildman–Crippen MR) is 101 cm³/mol. The van der Waals surface area contributed by atoms with E-state index in [1.165, 1.54) is 0 Å². The summed E-state index contributed by atoms with van der Waals surface area (Å²) in [5.41, 5.74) is 0.283. The molecule has 0 spiro atoms. The molecule has 24 heavy (non-hydrogen) atoms. The summed E-state index contributed by atoms with van der Waals surface area (Å²) in [6, 6.07) is 19.4. The largest absolute Gasteiger partial charge is 0.458 e. The first-order valence-corrected chi connectivity index (χ1v) is 7.90. The van der Waals surface area contributed by atoms with Gasteiger partial charge < -0.3 is 14.8 Å². The maximum atomic E-state index is 11.5. The number of fused-ring (bicyclic) bond motifs is 1. The normalized spacial score (nSPS) is 14.2. The van der Waals surface area contributed by atoms with Gasteiger partial charge in [0.15, 0.2) is 5.60 Å². The van der Waals surface area contributed by atoms with Crippen LogP contribution >= 0.6 is 12.4 Å². The lowest BCUT2D eigenvalue weighted by Gasteiger charge is -2.31. The van der Waals surface area contributed by atoms with Crippen molar-refractivity contribution in [2.75, 3.05) is 6.54 Å². The Morgan fingerprint density at radius 1 is 0.958 bits per heavy atom. The molecule has 0 fully saturated rings. The van der Waals surface area contributed by atoms with Gasteiger partial charge in [0.25, 0.3) is 0 Å². The minimum absolute atomic E-state index is 0. The van der Waals surface area contributed by atoms with Crippen molar-refractivity contribution < 1.29 is 9.52 Å². The molecule has 2 N–H and O–H groups in total. The van der Waals surface area contributed by atoms with Crippen LogP contribution in [0.3, 0.4) is 0 Å². The smallest absolute Gasteiger partial charge is 0.159 e. The van der Waals surface area contributed by atoms with Crippen LogP contribution in [0.1, 0.15) is 32.1 Å². The fourth-order valence-electron chi connectivity index (χ4n) is 2.62. The van der Waals surface area contributed by atoms with Crippen molar-refractivity contribution in [3.63, 3.8) is 0 Å². The Kier molecular flexibility index (Phi) is 5.38. The highest BCUT2D eigenvalue weighted by Gasteiger charge is 2.36. The van der Waals surface area contributed by atoms with Crippen LogP contribution in [0.5, 0.6) is 0 Å². The van der Waals surface area contributed by atoms with Crippen LogP contribution in [0, 0.1) is 0 Å². The number of hydrogen-bond acceptors (Lipinski definition) is 3. The summed E-state index contributed by atoms with van der Waals surface area (Å²) >= 11 is 0. The molecule has 1 atom stereocenters. The van der Waals surface area contributed by atoms with E-state index in [0.717, 1.165) is 16.5 Å². The number of furan rings is 1. The molecule has 3 aromatic rings. The zero-order valence-electron chi connectivity index (χ0n) is 14.2. The number of benzene rings is 2. The number of β-amino-alcohol motifs (C(OH)–C–C–N with tert-alkyl or cyclic N) is 1. The third kappa shape index (κ3) is 3.81. The van der Waals surface area contributed by atoms with E-state index in [4.69, 9.17) is 4.42 Å². The molecule has 4 heteroatoms. The molecule has 3 rings (SSSR count). The fourth-order valence-corrected chi connectivity index (χ4v) is 2.62. The maximum absolute atomic E-state index is 11.5. The Morgan fingerprint density at radius 2 is 1.58 bits per heavy atom. The first kappa shape index (κ1) is 18.5. The molecule has 0 bridgehead atoms. The Hall–Kier alpha value is -1.81. The van der Waals surface area contributed by atoms with Crippen molar-refractivity contribution in [2.45, 2.75) is 31.9 Å². The van der Waals surface area contributed by atoms with E-state index in [0.29, 0.717) is 12.3 Å². The summed E-state index contributed by atoms with van der Waals surface area (Å²) in [5.74, 6) is 0.557. The first-order chi connectivity index (χ1) is 10.9. The van der Waals surface area contributed by atoms with Crippen molar-refractivity contribution in [1.29, 1.82) is 0 Å². The van der Waals surface area contributed by atoms with Gasteiger partial charge >= 0.3 is 0 Å². The summed E-state index contributed by atoms with van der Waals surface area (Å²) < 4.78 is 5.96. The summed E-state index contributed by atoms with van der Waals surface area (Å²) in [4.78, 5) is 0. The quantitative estimate of drug-likeness (QED) is 0.732. The monoisotopic (exact) mass is 345 g/mol. The minimum atomic E-state index is -1.21. The van der Waals surface area contributed by atoms with Gasteiger partial charge in [0.2, 0.25) is 0 Å². The zero-order chi connectivity index (χ0) is 16.5. The minimum Gasteiger partial charge on any atom is -0.458 e. The van der Waals surface area contributed by atoms with Crippen LogP contribution in [0.25, 0.3) is 11.0 Å². The molecule has 1 heterocycles. The molecule has 0 aliphatic rings. The highest BCUT2D eigenvalue weighted by atomic mass is 35.5. The van der Waals surface area contributed by atoms with Gasteiger partial charge in [0, 0.05) is 17.5 Å². The molecule has 2 aromatic carbocycles. The van der Waals surface area contributed by atoms with Crippen LogP contribution in [-0.4, -0.2) is 17.2 Å². The van der Waals surface area contributed by atoms with E-state index in [1.807, 2.05) is 60.7 Å². The van der Waals surface area contributed by atoms with Crippen molar-refractivity contribution >= 4 is 23.4 Å². The molecule has 1 unspecified atom stereocenters. The van der Waals surface area contributed by atoms with Gasteiger partial charge in [-0.25, -0.2) is 0 Å². The number of para-hydroxylation sites is 1. The van der Waals surface area contributed by atoms with Gasteiger partial charge in [-0.3, -0.25) is 0 Å². The lowest BCUT2D eigenvalue weighted by Crippen LogP contribution is -2.46. The summed E-state index contributed by atoms with van der Waals surface area (Å²) in [6.07, 6.45) is 0. The van der Waals surface area contributed by atoms with Gasteiger partial charge in [0.05, 0.1) is 0 Å². The molecule has 0 aliphatic carbocycles. The number of halogens is 1. The third-order valence-corrected chi connectivity index (χ3v) is 3.96. The van der Waals surface area contributed by atoms with Crippen LogP contribution in [0.4, 0.5) is 0 Å². The van der Waals surface area contributed by atoms with E-state index in [-0.39, 0.29) is 17.9 Å². The lowest BCUT2D eigenvalue weighted by atomic mass is 9.90. The van der Waals surface area contributed by atoms with E-state index in [9.17, 15) is 5.11 Å². The molecule has 1 aromatic heterocycles. The summed E-state index contributed by atoms with van der Waals surface area (Å²) in [5, 5.41) is 15.8. The second-order valence-corrected chi connectivity index (χ2v) is 6.98. The highest BCUT2D eigenvalue weighted by molar-refractivity contribution is 5.85. The van der Waals surface area contributed by atoms with Crippen molar-refractivity contribution in [1.82, 2.24) is 5.32 Å². The molecule has 0 aliphatic heterocycles. The Labute approximate surface area is 149 Å². The van der Waals surface area contributed by atoms with Crippen molar-refractivity contribution in [3.8, 4) is 0 Å². The topological polar surface area (TPSA) is 45.4 Å². The molecule has 0 saturated carbocycles. The molecular weight excluding hydrogens is 322 g/mol. The molecule has 3 nitrogen and oxygen atoms in total. The van der Waals surface area contributed by atoms with Crippen LogP contribution < -0.4 is 5.32 Å². The van der Waals surface area contributed by atoms with Gasteiger partial charge in [-0.05, 0) is 38.5 Å². The Morgan fingerprint density at radius 3 is 2.21 bits per heavy atom. The number of rotatable bonds is 4. The standard InChI is InChI=1S/C20H23NO2.ClH/c1-19(2,3)21-14-20(22,16-10-5-4-6-11-16)18-13-15-9-7-8-12-17(15)23-18;/h4-13,21-22H,14H2,1-3H3;1H. The fraction of sp³-hybridized carbons (Fsp3) is 0.300. The van der Waals surface area contributed by atoms with Crippen LogP contribution in [0.15, 0.2) is 65.1 Å². The van der Waals surface area contributed by atoms with Crippen LogP contribution in [0.2, 0.25) is 0 Å². The first-order valence-electron chi connectivity index (χ1n) is 7.90. The maximum Gasteiger partial charge on any atom is 0.159 e. The molecule has 0 radical (unpaired) electrons. The zero-order valence-corrected chi connectivity index (χ0v) is 15.1. The SMILES string of the molecule is CC(C)(C)NCC(O)(c1ccccc1)c1cc2ccccc2o1.Cl. The summed E-state index contributed by atoms with van der Waals surface area (Å²) in [7, 11) is 0. The highest BCUT2D eigenvalue weighted by Crippen LogP contribution is 2.33. The lowest BCUT2D eigenvalue weighted by molar-refractivity contribution is 0.0516. The Bertz CT molecular complexity index is 759. The second-order valence-electron chi connectivity index (χ2n) is 6.98. The van der Waals surface area contributed by atoms with E-state index in [2.05, 4.69) is 26.1 Å². The Balaban J connectivity index is 0.00000208. The average Bonchev–Trinajstić information content (AvgIpc) is 2.97. The van der Waals surface area contributed by atoms with Gasteiger partial charge in [-0.2, -0.15) is 0 Å². The average molecular weight is 346 g/mol. The number of nitrogens with one attached hydrogen (secondary N) is 1. The van der Waals surface area contributed by atoms with Crippen molar-refractivity contribution in [3.05, 3.63) is 72.0 Å². The van der Waals surface area contributed by atoms with Gasteiger partial charge in [-0.1, -0.05) is 48.5 Å². The van der Waals surface area contributed by atoms with Crippen molar-refractivity contribution in [2.24, 2.45) is 0 Å².